The van der Waals surface area contributed by atoms with Crippen LogP contribution in [0, 0.1) is 12.7 Å². The van der Waals surface area contributed by atoms with Crippen LogP contribution in [0.5, 0.6) is 0 Å². The number of halogens is 1. The lowest BCUT2D eigenvalue weighted by Gasteiger charge is -2.01. The lowest BCUT2D eigenvalue weighted by molar-refractivity contribution is 0.0520. The number of rotatable bonds is 4. The zero-order chi connectivity index (χ0) is 17.3. The summed E-state index contributed by atoms with van der Waals surface area (Å²) >= 11 is 1.14. The van der Waals surface area contributed by atoms with Gasteiger partial charge >= 0.3 is 5.97 Å². The van der Waals surface area contributed by atoms with Gasteiger partial charge in [0.05, 0.1) is 12.3 Å². The molecule has 0 aliphatic rings. The van der Waals surface area contributed by atoms with E-state index in [4.69, 9.17) is 4.74 Å². The van der Waals surface area contributed by atoms with E-state index in [-0.39, 0.29) is 23.7 Å². The van der Waals surface area contributed by atoms with Gasteiger partial charge in [-0.3, -0.25) is 9.89 Å². The van der Waals surface area contributed by atoms with E-state index in [0.717, 1.165) is 11.3 Å². The highest BCUT2D eigenvalue weighted by Crippen LogP contribution is 2.20. The molecule has 0 saturated carbocycles. The van der Waals surface area contributed by atoms with Crippen LogP contribution in [0.25, 0.3) is 16.4 Å². The predicted molar refractivity (Wildman–Crippen MR) is 88.1 cm³/mol. The highest BCUT2D eigenvalue weighted by Gasteiger charge is 2.15. The zero-order valence-corrected chi connectivity index (χ0v) is 13.8. The molecule has 1 aromatic carbocycles. The second-order valence-corrected chi connectivity index (χ2v) is 5.88. The topological polar surface area (TPSA) is 77.0 Å². The van der Waals surface area contributed by atoms with Crippen LogP contribution >= 0.6 is 11.3 Å². The normalized spacial score (nSPS) is 10.8. The number of carbonyl (C=O) groups excluding carboxylic acids is 1. The minimum atomic E-state index is -0.533. The second kappa shape index (κ2) is 6.40. The van der Waals surface area contributed by atoms with Crippen LogP contribution in [-0.2, 0) is 4.74 Å². The first kappa shape index (κ1) is 16.1. The molecule has 0 atom stereocenters. The maximum atomic E-state index is 13.4. The zero-order valence-electron chi connectivity index (χ0n) is 13.0. The van der Waals surface area contributed by atoms with Gasteiger partial charge in [0.15, 0.2) is 5.69 Å². The molecule has 0 spiro atoms. The molecule has 6 nitrogen and oxygen atoms in total. The molecule has 124 valence electrons. The van der Waals surface area contributed by atoms with E-state index in [1.165, 1.54) is 22.2 Å². The van der Waals surface area contributed by atoms with E-state index in [2.05, 4.69) is 10.1 Å². The third-order valence-corrected chi connectivity index (χ3v) is 4.18. The number of carbonyl (C=O) groups is 1. The van der Waals surface area contributed by atoms with Crippen molar-refractivity contribution >= 4 is 17.3 Å². The van der Waals surface area contributed by atoms with Gasteiger partial charge in [0.1, 0.15) is 5.82 Å². The molecule has 0 amide bonds. The van der Waals surface area contributed by atoms with Gasteiger partial charge in [-0.05, 0) is 37.6 Å². The fourth-order valence-electron chi connectivity index (χ4n) is 2.16. The number of hydrogen-bond donors (Lipinski definition) is 1. The van der Waals surface area contributed by atoms with Crippen molar-refractivity contribution in [3.63, 3.8) is 0 Å². The Morgan fingerprint density at radius 2 is 2.21 bits per heavy atom. The number of thiazole rings is 1. The summed E-state index contributed by atoms with van der Waals surface area (Å²) in [6.45, 7) is 3.61. The summed E-state index contributed by atoms with van der Waals surface area (Å²) in [7, 11) is 0. The van der Waals surface area contributed by atoms with Gasteiger partial charge in [-0.15, -0.1) is 11.3 Å². The van der Waals surface area contributed by atoms with Crippen LogP contribution < -0.4 is 5.56 Å². The molecule has 24 heavy (non-hydrogen) atoms. The Bertz CT molecular complexity index is 958. The van der Waals surface area contributed by atoms with Crippen LogP contribution in [0.15, 0.2) is 34.4 Å². The van der Waals surface area contributed by atoms with E-state index < -0.39 is 5.97 Å². The van der Waals surface area contributed by atoms with Crippen molar-refractivity contribution in [1.82, 2.24) is 14.8 Å². The minimum Gasteiger partial charge on any atom is -0.461 e. The van der Waals surface area contributed by atoms with Crippen molar-refractivity contribution < 1.29 is 13.9 Å². The molecular formula is C16H14FN3O3S. The lowest BCUT2D eigenvalue weighted by atomic mass is 10.1. The van der Waals surface area contributed by atoms with E-state index in [1.807, 2.05) is 0 Å². The van der Waals surface area contributed by atoms with Crippen LogP contribution in [-0.4, -0.2) is 27.3 Å². The fraction of sp³-hybridized carbons (Fsp3) is 0.188. The molecular weight excluding hydrogens is 333 g/mol. The molecule has 0 aliphatic carbocycles. The maximum absolute atomic E-state index is 13.4. The number of nitrogens with zero attached hydrogens (tertiary/aromatic N) is 2. The number of hydrogen-bond acceptors (Lipinski definition) is 5. The third-order valence-electron chi connectivity index (χ3n) is 3.36. The predicted octanol–water partition coefficient (Wildman–Crippen LogP) is 2.91. The summed E-state index contributed by atoms with van der Waals surface area (Å²) < 4.78 is 19.5. The molecule has 0 saturated heterocycles. The standard InChI is InChI=1S/C16H14FN3O3S/c1-3-23-15(22)13-8-24-16(18-13)20-14(21)7-12(19-20)10-4-5-11(17)9(2)6-10/h4-8,19H,3H2,1-2H3. The molecule has 2 heterocycles. The largest absolute Gasteiger partial charge is 0.461 e. The first-order valence-electron chi connectivity index (χ1n) is 7.21. The van der Waals surface area contributed by atoms with Crippen LogP contribution in [0.3, 0.4) is 0 Å². The summed E-state index contributed by atoms with van der Waals surface area (Å²) in [4.78, 5) is 28.0. The molecule has 3 aromatic rings. The van der Waals surface area contributed by atoms with Crippen molar-refractivity contribution in [2.45, 2.75) is 13.8 Å². The van der Waals surface area contributed by atoms with Crippen molar-refractivity contribution in [2.75, 3.05) is 6.61 Å². The minimum absolute atomic E-state index is 0.150. The highest BCUT2D eigenvalue weighted by atomic mass is 32.1. The summed E-state index contributed by atoms with van der Waals surface area (Å²) in [5, 5.41) is 4.78. The van der Waals surface area contributed by atoms with Gasteiger partial charge < -0.3 is 4.74 Å². The number of H-pyrrole nitrogens is 1. The van der Waals surface area contributed by atoms with Crippen molar-refractivity contribution in [1.29, 1.82) is 0 Å². The van der Waals surface area contributed by atoms with Gasteiger partial charge in [0, 0.05) is 17.0 Å². The average Bonchev–Trinajstić information content (AvgIpc) is 3.17. The SMILES string of the molecule is CCOC(=O)c1csc(-n2[nH]c(-c3ccc(F)c(C)c3)cc2=O)n1. The Hall–Kier alpha value is -2.74. The van der Waals surface area contributed by atoms with Gasteiger partial charge in [-0.25, -0.2) is 14.2 Å². The molecule has 0 fully saturated rings. The average molecular weight is 347 g/mol. The van der Waals surface area contributed by atoms with Gasteiger partial charge in [-0.1, -0.05) is 0 Å². The van der Waals surface area contributed by atoms with Crippen LogP contribution in [0.1, 0.15) is 23.0 Å². The summed E-state index contributed by atoms with van der Waals surface area (Å²) in [5.74, 6) is -0.839. The molecule has 0 bridgehead atoms. The monoisotopic (exact) mass is 347 g/mol. The first-order chi connectivity index (χ1) is 11.5. The number of esters is 1. The summed E-state index contributed by atoms with van der Waals surface area (Å²) in [6, 6.07) is 5.99. The molecule has 0 aliphatic heterocycles. The van der Waals surface area contributed by atoms with Crippen molar-refractivity contribution in [3.05, 3.63) is 57.1 Å². The maximum Gasteiger partial charge on any atom is 0.357 e. The van der Waals surface area contributed by atoms with Crippen LogP contribution in [0.2, 0.25) is 0 Å². The third kappa shape index (κ3) is 3.00. The molecule has 8 heteroatoms. The van der Waals surface area contributed by atoms with E-state index in [1.54, 1.807) is 26.0 Å². The Kier molecular flexibility index (Phi) is 4.30. The second-order valence-electron chi connectivity index (χ2n) is 5.04. The summed E-state index contributed by atoms with van der Waals surface area (Å²) in [5.41, 5.74) is 1.54. The molecule has 0 radical (unpaired) electrons. The van der Waals surface area contributed by atoms with E-state index >= 15 is 0 Å². The fourth-order valence-corrected chi connectivity index (χ4v) is 2.92. The Balaban J connectivity index is 1.96. The molecule has 0 unspecified atom stereocenters. The Labute approximate surface area is 140 Å². The number of ether oxygens (including phenoxy) is 1. The Morgan fingerprint density at radius 1 is 1.42 bits per heavy atom. The van der Waals surface area contributed by atoms with Gasteiger partial charge in [0.2, 0.25) is 5.13 Å². The quantitative estimate of drug-likeness (QED) is 0.736. The summed E-state index contributed by atoms with van der Waals surface area (Å²) in [6.07, 6.45) is 0. The van der Waals surface area contributed by atoms with E-state index in [9.17, 15) is 14.0 Å². The van der Waals surface area contributed by atoms with Gasteiger partial charge in [-0.2, -0.15) is 4.68 Å². The van der Waals surface area contributed by atoms with Gasteiger partial charge in [0.25, 0.3) is 5.56 Å². The van der Waals surface area contributed by atoms with Crippen LogP contribution in [0.4, 0.5) is 4.39 Å². The first-order valence-corrected chi connectivity index (χ1v) is 8.09. The van der Waals surface area contributed by atoms with E-state index in [0.29, 0.717) is 22.0 Å². The smallest absolute Gasteiger partial charge is 0.357 e. The van der Waals surface area contributed by atoms with Crippen molar-refractivity contribution in [3.8, 4) is 16.4 Å². The number of aromatic amines is 1. The molecule has 2 aromatic heterocycles. The lowest BCUT2D eigenvalue weighted by Crippen LogP contribution is -2.14. The number of aryl methyl sites for hydroxylation is 1. The number of nitrogens with one attached hydrogen (secondary N) is 1. The molecule has 3 rings (SSSR count). The Morgan fingerprint density at radius 3 is 2.92 bits per heavy atom. The molecule has 1 N–H and O–H groups in total. The highest BCUT2D eigenvalue weighted by molar-refractivity contribution is 7.12. The van der Waals surface area contributed by atoms with Crippen molar-refractivity contribution in [2.24, 2.45) is 0 Å². The number of benzene rings is 1. The number of aromatic nitrogens is 3.